The number of halogens is 1. The van der Waals surface area contributed by atoms with E-state index in [9.17, 15) is 14.0 Å². The number of piperidine rings is 1. The first-order valence-electron chi connectivity index (χ1n) is 10.8. The van der Waals surface area contributed by atoms with Crippen molar-refractivity contribution in [3.05, 3.63) is 0 Å². The lowest BCUT2D eigenvalue weighted by molar-refractivity contribution is -0.151. The molecule has 0 aromatic carbocycles. The Labute approximate surface area is 166 Å². The SMILES string of the molecule is N#C[C@@H]1C[C@H](F)CN1C(=O)CNC12CCC(C(=O)N3CCCCC3)(CC1)CC2. The van der Waals surface area contributed by atoms with Gasteiger partial charge in [0, 0.05) is 30.5 Å². The molecule has 154 valence electrons. The second-order valence-corrected chi connectivity index (χ2v) is 9.29. The van der Waals surface area contributed by atoms with E-state index in [-0.39, 0.29) is 36.4 Å². The largest absolute Gasteiger partial charge is 0.342 e. The minimum atomic E-state index is -1.10. The minimum Gasteiger partial charge on any atom is -0.342 e. The molecule has 2 aliphatic heterocycles. The Balaban J connectivity index is 1.32. The molecule has 5 fully saturated rings. The Bertz CT molecular complexity index is 645. The molecule has 0 spiro atoms. The number of nitrogens with zero attached hydrogens (tertiary/aromatic N) is 3. The molecular weight excluding hydrogens is 359 g/mol. The van der Waals surface area contributed by atoms with Crippen molar-refractivity contribution in [3.63, 3.8) is 0 Å². The van der Waals surface area contributed by atoms with Crippen molar-refractivity contribution in [1.29, 1.82) is 5.26 Å². The molecule has 0 aromatic rings. The van der Waals surface area contributed by atoms with Crippen LogP contribution in [0.25, 0.3) is 0 Å². The lowest BCUT2D eigenvalue weighted by Gasteiger charge is -2.54. The molecule has 2 bridgehead atoms. The lowest BCUT2D eigenvalue weighted by atomic mass is 9.56. The molecule has 0 radical (unpaired) electrons. The van der Waals surface area contributed by atoms with Crippen LogP contribution >= 0.6 is 0 Å². The summed E-state index contributed by atoms with van der Waals surface area (Å²) in [6.07, 6.45) is 7.89. The molecule has 5 rings (SSSR count). The number of likely N-dealkylation sites (tertiary alicyclic amines) is 2. The second-order valence-electron chi connectivity index (χ2n) is 9.29. The van der Waals surface area contributed by atoms with E-state index in [1.54, 1.807) is 0 Å². The van der Waals surface area contributed by atoms with Crippen LogP contribution in [0.15, 0.2) is 0 Å². The van der Waals surface area contributed by atoms with E-state index in [1.807, 2.05) is 6.07 Å². The molecule has 0 aromatic heterocycles. The monoisotopic (exact) mass is 390 g/mol. The van der Waals surface area contributed by atoms with Gasteiger partial charge in [0.15, 0.2) is 0 Å². The molecule has 0 unspecified atom stereocenters. The summed E-state index contributed by atoms with van der Waals surface area (Å²) < 4.78 is 13.6. The third-order valence-electron chi connectivity index (χ3n) is 7.68. The molecule has 2 amide bonds. The zero-order valence-corrected chi connectivity index (χ0v) is 16.6. The molecule has 2 atom stereocenters. The lowest BCUT2D eigenvalue weighted by Crippen LogP contribution is -2.60. The molecule has 7 heteroatoms. The van der Waals surface area contributed by atoms with Gasteiger partial charge in [0.1, 0.15) is 12.2 Å². The van der Waals surface area contributed by atoms with E-state index >= 15 is 0 Å². The first-order chi connectivity index (χ1) is 13.5. The van der Waals surface area contributed by atoms with Crippen LogP contribution in [-0.2, 0) is 9.59 Å². The summed E-state index contributed by atoms with van der Waals surface area (Å²) in [5.74, 6) is 0.173. The van der Waals surface area contributed by atoms with E-state index in [0.29, 0.717) is 5.91 Å². The van der Waals surface area contributed by atoms with Crippen LogP contribution in [0.1, 0.15) is 64.2 Å². The number of alkyl halides is 1. The zero-order chi connectivity index (χ0) is 19.8. The van der Waals surface area contributed by atoms with Crippen molar-refractivity contribution in [1.82, 2.24) is 15.1 Å². The Morgan fingerprint density at radius 3 is 2.32 bits per heavy atom. The van der Waals surface area contributed by atoms with Crippen molar-refractivity contribution >= 4 is 11.8 Å². The maximum absolute atomic E-state index is 13.6. The summed E-state index contributed by atoms with van der Waals surface area (Å²) in [5.41, 5.74) is -0.274. The Morgan fingerprint density at radius 1 is 1.07 bits per heavy atom. The van der Waals surface area contributed by atoms with E-state index in [0.717, 1.165) is 64.5 Å². The first kappa shape index (κ1) is 19.6. The Hall–Kier alpha value is -1.68. The highest BCUT2D eigenvalue weighted by Crippen LogP contribution is 2.53. The summed E-state index contributed by atoms with van der Waals surface area (Å²) in [5, 5.41) is 12.6. The highest BCUT2D eigenvalue weighted by molar-refractivity contribution is 5.83. The zero-order valence-electron chi connectivity index (χ0n) is 16.6. The van der Waals surface area contributed by atoms with Crippen molar-refractivity contribution in [2.75, 3.05) is 26.2 Å². The number of amides is 2. The van der Waals surface area contributed by atoms with Crippen LogP contribution in [0, 0.1) is 16.7 Å². The summed E-state index contributed by atoms with van der Waals surface area (Å²) in [6, 6.07) is 1.39. The number of carbonyl (C=O) groups is 2. The maximum Gasteiger partial charge on any atom is 0.237 e. The van der Waals surface area contributed by atoms with Gasteiger partial charge >= 0.3 is 0 Å². The van der Waals surface area contributed by atoms with Crippen molar-refractivity contribution < 1.29 is 14.0 Å². The average Bonchev–Trinajstić information content (AvgIpc) is 3.14. The quantitative estimate of drug-likeness (QED) is 0.798. The molecule has 1 N–H and O–H groups in total. The number of nitrogens with one attached hydrogen (secondary N) is 1. The van der Waals surface area contributed by atoms with Gasteiger partial charge in [-0.25, -0.2) is 4.39 Å². The van der Waals surface area contributed by atoms with Crippen LogP contribution < -0.4 is 5.32 Å². The highest BCUT2D eigenvalue weighted by atomic mass is 19.1. The molecular formula is C21H31FN4O2. The van der Waals surface area contributed by atoms with Crippen molar-refractivity contribution in [2.45, 2.75) is 82.0 Å². The number of carbonyl (C=O) groups excluding carboxylic acids is 2. The molecule has 6 nitrogen and oxygen atoms in total. The number of rotatable bonds is 4. The number of hydrogen-bond donors (Lipinski definition) is 1. The minimum absolute atomic E-state index is 0.0270. The van der Waals surface area contributed by atoms with Crippen LogP contribution in [0.2, 0.25) is 0 Å². The number of hydrogen-bond acceptors (Lipinski definition) is 4. The highest BCUT2D eigenvalue weighted by Gasteiger charge is 2.53. The number of nitriles is 1. The van der Waals surface area contributed by atoms with Gasteiger partial charge in [-0.2, -0.15) is 5.26 Å². The third kappa shape index (κ3) is 3.52. The first-order valence-corrected chi connectivity index (χ1v) is 10.8. The smallest absolute Gasteiger partial charge is 0.237 e. The molecule has 5 aliphatic rings. The van der Waals surface area contributed by atoms with Crippen LogP contribution in [0.5, 0.6) is 0 Å². The summed E-state index contributed by atoms with van der Waals surface area (Å²) in [7, 11) is 0. The van der Waals surface area contributed by atoms with Gasteiger partial charge in [-0.3, -0.25) is 9.59 Å². The molecule has 28 heavy (non-hydrogen) atoms. The van der Waals surface area contributed by atoms with Gasteiger partial charge in [0.25, 0.3) is 0 Å². The van der Waals surface area contributed by atoms with E-state index in [1.165, 1.54) is 11.3 Å². The Morgan fingerprint density at radius 2 is 1.71 bits per heavy atom. The van der Waals surface area contributed by atoms with Gasteiger partial charge in [0.2, 0.25) is 11.8 Å². The van der Waals surface area contributed by atoms with Crippen LogP contribution in [-0.4, -0.2) is 65.5 Å². The summed E-state index contributed by atoms with van der Waals surface area (Å²) in [6.45, 7) is 1.99. The van der Waals surface area contributed by atoms with Crippen molar-refractivity contribution in [3.8, 4) is 6.07 Å². The molecule has 3 aliphatic carbocycles. The van der Waals surface area contributed by atoms with Gasteiger partial charge in [-0.05, 0) is 57.8 Å². The van der Waals surface area contributed by atoms with E-state index < -0.39 is 12.2 Å². The van der Waals surface area contributed by atoms with Gasteiger partial charge in [-0.1, -0.05) is 0 Å². The normalized spacial score (nSPS) is 37.7. The fraction of sp³-hybridized carbons (Fsp3) is 0.857. The molecule has 2 saturated heterocycles. The van der Waals surface area contributed by atoms with Gasteiger partial charge < -0.3 is 15.1 Å². The van der Waals surface area contributed by atoms with E-state index in [4.69, 9.17) is 5.26 Å². The van der Waals surface area contributed by atoms with Crippen LogP contribution in [0.4, 0.5) is 4.39 Å². The van der Waals surface area contributed by atoms with Crippen molar-refractivity contribution in [2.24, 2.45) is 5.41 Å². The second kappa shape index (κ2) is 7.62. The van der Waals surface area contributed by atoms with Gasteiger partial charge in [-0.15, -0.1) is 0 Å². The van der Waals surface area contributed by atoms with Crippen LogP contribution in [0.3, 0.4) is 0 Å². The standard InChI is InChI=1S/C21H31FN4O2/c22-16-12-17(13-23)26(15-16)18(27)14-24-21-7-4-20(5-8-21,6-9-21)19(28)25-10-2-1-3-11-25/h16-17,24H,1-12,14-15H2/t16-,17-,20?,21?/m0/s1. The summed E-state index contributed by atoms with van der Waals surface area (Å²) in [4.78, 5) is 29.2. The third-order valence-corrected chi connectivity index (χ3v) is 7.68. The maximum atomic E-state index is 13.6. The predicted octanol–water partition coefficient (Wildman–Crippen LogP) is 2.14. The molecule has 3 saturated carbocycles. The topological polar surface area (TPSA) is 76.4 Å². The van der Waals surface area contributed by atoms with E-state index in [2.05, 4.69) is 10.2 Å². The summed E-state index contributed by atoms with van der Waals surface area (Å²) >= 11 is 0. The average molecular weight is 391 g/mol. The predicted molar refractivity (Wildman–Crippen MR) is 102 cm³/mol. The fourth-order valence-corrected chi connectivity index (χ4v) is 5.75. The van der Waals surface area contributed by atoms with Gasteiger partial charge in [0.05, 0.1) is 19.2 Å². The number of fused-ring (bicyclic) bond motifs is 3. The Kier molecular flexibility index (Phi) is 5.34. The molecule has 2 heterocycles. The fourth-order valence-electron chi connectivity index (χ4n) is 5.75.